The molecule has 1 saturated heterocycles. The van der Waals surface area contributed by atoms with Crippen LogP contribution in [0.5, 0.6) is 0 Å². The Morgan fingerprint density at radius 3 is 2.61 bits per heavy atom. The van der Waals surface area contributed by atoms with Gasteiger partial charge in [0, 0.05) is 26.6 Å². The summed E-state index contributed by atoms with van der Waals surface area (Å²) in [5.41, 5.74) is 4.82. The predicted octanol–water partition coefficient (Wildman–Crippen LogP) is -1.54. The number of hydrogen-bond donors (Lipinski definition) is 4. The first kappa shape index (κ1) is 22.9. The van der Waals surface area contributed by atoms with Gasteiger partial charge in [-0.05, 0) is 18.9 Å². The highest BCUT2D eigenvalue weighted by Crippen LogP contribution is 2.38. The van der Waals surface area contributed by atoms with Crippen molar-refractivity contribution in [3.63, 3.8) is 0 Å². The van der Waals surface area contributed by atoms with Gasteiger partial charge in [0.1, 0.15) is 17.0 Å². The van der Waals surface area contributed by atoms with Gasteiger partial charge in [0.05, 0.1) is 18.9 Å². The number of rotatable bonds is 7. The van der Waals surface area contributed by atoms with E-state index in [1.807, 2.05) is 30.3 Å². The zero-order valence-corrected chi connectivity index (χ0v) is 17.7. The summed E-state index contributed by atoms with van der Waals surface area (Å²) in [6.45, 7) is 0.474. The van der Waals surface area contributed by atoms with Crippen molar-refractivity contribution < 1.29 is 24.6 Å². The largest absolute Gasteiger partial charge is 0.394 e. The van der Waals surface area contributed by atoms with Crippen molar-refractivity contribution in [1.29, 1.82) is 0 Å². The highest BCUT2D eigenvalue weighted by Gasteiger charge is 2.53. The van der Waals surface area contributed by atoms with Crippen LogP contribution in [0.2, 0.25) is 0 Å². The first-order valence-corrected chi connectivity index (χ1v) is 10.1. The fourth-order valence-corrected chi connectivity index (χ4v) is 4.02. The van der Waals surface area contributed by atoms with Crippen LogP contribution in [0, 0.1) is 5.41 Å². The third-order valence-electron chi connectivity index (χ3n) is 5.90. The monoisotopic (exact) mass is 431 g/mol. The van der Waals surface area contributed by atoms with Gasteiger partial charge in [-0.1, -0.05) is 30.3 Å². The van der Waals surface area contributed by atoms with Crippen LogP contribution in [0.1, 0.15) is 18.9 Å². The van der Waals surface area contributed by atoms with Gasteiger partial charge in [-0.3, -0.25) is 14.4 Å². The molecule has 3 unspecified atom stereocenters. The van der Waals surface area contributed by atoms with E-state index in [1.165, 1.54) is 16.8 Å². The number of likely N-dealkylation sites (tertiary alicyclic amines) is 1. The number of hydrogen-bond acceptors (Lipinski definition) is 7. The van der Waals surface area contributed by atoms with Crippen LogP contribution < -0.4 is 11.1 Å². The number of nitrogens with two attached hydrogens (primary N) is 1. The van der Waals surface area contributed by atoms with Crippen molar-refractivity contribution in [3.8, 4) is 0 Å². The average molecular weight is 431 g/mol. The summed E-state index contributed by atoms with van der Waals surface area (Å²) < 4.78 is 0. The molecule has 2 heterocycles. The number of piperidine rings is 1. The highest BCUT2D eigenvalue weighted by atomic mass is 16.3. The van der Waals surface area contributed by atoms with Gasteiger partial charge < -0.3 is 26.2 Å². The highest BCUT2D eigenvalue weighted by molar-refractivity contribution is 6.13. The smallest absolute Gasteiger partial charge is 0.256 e. The molecule has 2 aliphatic heterocycles. The van der Waals surface area contributed by atoms with Crippen molar-refractivity contribution in [3.05, 3.63) is 35.9 Å². The standard InChI is InChI=1S/C21H29N5O5/c1-20(22,13-28)18(30)23-15(11-27)17(29)26-9-8-16-21(12-26,19(31)25(2)24-16)10-14-6-4-3-5-7-14/h3-7,15,27-28H,8-13,22H2,1-2H3,(H,23,30). The second-order valence-electron chi connectivity index (χ2n) is 8.41. The quantitative estimate of drug-likeness (QED) is 0.411. The van der Waals surface area contributed by atoms with Gasteiger partial charge in [-0.15, -0.1) is 0 Å². The summed E-state index contributed by atoms with van der Waals surface area (Å²) in [4.78, 5) is 40.0. The molecule has 10 nitrogen and oxygen atoms in total. The molecule has 1 fully saturated rings. The predicted molar refractivity (Wildman–Crippen MR) is 113 cm³/mol. The van der Waals surface area contributed by atoms with Crippen LogP contribution in [0.25, 0.3) is 0 Å². The van der Waals surface area contributed by atoms with Gasteiger partial charge in [-0.2, -0.15) is 5.10 Å². The molecule has 2 aliphatic rings. The SMILES string of the molecule is CN1N=C2CCN(C(=O)C(CO)NC(=O)C(C)(N)CO)CC2(Cc2ccccc2)C1=O. The molecule has 0 saturated carbocycles. The number of benzene rings is 1. The number of nitrogens with zero attached hydrogens (tertiary/aromatic N) is 3. The van der Waals surface area contributed by atoms with Crippen molar-refractivity contribution >= 4 is 23.4 Å². The molecule has 0 spiro atoms. The van der Waals surface area contributed by atoms with Gasteiger partial charge >= 0.3 is 0 Å². The number of hydrazone groups is 1. The van der Waals surface area contributed by atoms with E-state index in [2.05, 4.69) is 10.4 Å². The summed E-state index contributed by atoms with van der Waals surface area (Å²) in [6, 6.07) is 8.28. The fourth-order valence-electron chi connectivity index (χ4n) is 4.02. The Bertz CT molecular complexity index is 887. The van der Waals surface area contributed by atoms with Crippen LogP contribution in [0.3, 0.4) is 0 Å². The summed E-state index contributed by atoms with van der Waals surface area (Å²) in [7, 11) is 1.60. The van der Waals surface area contributed by atoms with Crippen LogP contribution in [-0.4, -0.2) is 88.5 Å². The maximum atomic E-state index is 13.1. The molecule has 3 atom stereocenters. The number of fused-ring (bicyclic) bond motifs is 1. The van der Waals surface area contributed by atoms with Crippen molar-refractivity contribution in [2.75, 3.05) is 33.4 Å². The zero-order chi connectivity index (χ0) is 22.8. The molecule has 3 amide bonds. The molecule has 31 heavy (non-hydrogen) atoms. The van der Waals surface area contributed by atoms with Crippen LogP contribution in [0.15, 0.2) is 35.4 Å². The third kappa shape index (κ3) is 4.32. The summed E-state index contributed by atoms with van der Waals surface area (Å²) >= 11 is 0. The molecule has 5 N–H and O–H groups in total. The molecule has 1 aromatic carbocycles. The molecular formula is C21H29N5O5. The molecule has 168 valence electrons. The first-order chi connectivity index (χ1) is 14.6. The number of aliphatic hydroxyl groups excluding tert-OH is 2. The zero-order valence-electron chi connectivity index (χ0n) is 17.7. The maximum Gasteiger partial charge on any atom is 0.256 e. The molecule has 0 bridgehead atoms. The molecular weight excluding hydrogens is 402 g/mol. The van der Waals surface area contributed by atoms with E-state index in [4.69, 9.17) is 5.73 Å². The summed E-state index contributed by atoms with van der Waals surface area (Å²) in [5.74, 6) is -1.46. The lowest BCUT2D eigenvalue weighted by atomic mass is 9.73. The van der Waals surface area contributed by atoms with Crippen LogP contribution >= 0.6 is 0 Å². The number of aliphatic hydroxyl groups is 2. The number of carbonyl (C=O) groups excluding carboxylic acids is 3. The van der Waals surface area contributed by atoms with Crippen LogP contribution in [-0.2, 0) is 20.8 Å². The summed E-state index contributed by atoms with van der Waals surface area (Å²) in [6.07, 6.45) is 0.799. The molecule has 0 aromatic heterocycles. The van der Waals surface area contributed by atoms with Crippen LogP contribution in [0.4, 0.5) is 0 Å². The van der Waals surface area contributed by atoms with E-state index in [0.717, 1.165) is 11.3 Å². The number of amides is 3. The fraction of sp³-hybridized carbons (Fsp3) is 0.524. The lowest BCUT2D eigenvalue weighted by Gasteiger charge is -2.40. The van der Waals surface area contributed by atoms with Gasteiger partial charge in [-0.25, -0.2) is 5.01 Å². The Hall–Kier alpha value is -2.82. The van der Waals surface area contributed by atoms with Crippen molar-refractivity contribution in [2.24, 2.45) is 16.3 Å². The minimum Gasteiger partial charge on any atom is -0.394 e. The van der Waals surface area contributed by atoms with E-state index < -0.39 is 42.0 Å². The Balaban J connectivity index is 1.83. The Labute approximate surface area is 180 Å². The first-order valence-electron chi connectivity index (χ1n) is 10.1. The molecule has 10 heteroatoms. The van der Waals surface area contributed by atoms with Gasteiger partial charge in [0.2, 0.25) is 11.8 Å². The van der Waals surface area contributed by atoms with E-state index in [9.17, 15) is 24.6 Å². The average Bonchev–Trinajstić information content (AvgIpc) is 3.01. The Morgan fingerprint density at radius 2 is 2.00 bits per heavy atom. The summed E-state index contributed by atoms with van der Waals surface area (Å²) in [5, 5.41) is 27.1. The molecule has 3 rings (SSSR count). The molecule has 0 aliphatic carbocycles. The van der Waals surface area contributed by atoms with Gasteiger partial charge in [0.15, 0.2) is 0 Å². The lowest BCUT2D eigenvalue weighted by Crippen LogP contribution is -2.62. The van der Waals surface area contributed by atoms with Crippen molar-refractivity contribution in [2.45, 2.75) is 31.3 Å². The second-order valence-corrected chi connectivity index (χ2v) is 8.41. The number of carbonyl (C=O) groups is 3. The normalized spacial score (nSPS) is 23.6. The van der Waals surface area contributed by atoms with E-state index in [-0.39, 0.29) is 12.5 Å². The lowest BCUT2D eigenvalue weighted by molar-refractivity contribution is -0.143. The molecule has 1 aromatic rings. The van der Waals surface area contributed by atoms with E-state index >= 15 is 0 Å². The Morgan fingerprint density at radius 1 is 1.32 bits per heavy atom. The minimum atomic E-state index is -1.59. The minimum absolute atomic E-state index is 0.0923. The third-order valence-corrected chi connectivity index (χ3v) is 5.90. The Kier molecular flexibility index (Phi) is 6.44. The van der Waals surface area contributed by atoms with Gasteiger partial charge in [0.25, 0.3) is 5.91 Å². The maximum absolute atomic E-state index is 13.1. The van der Waals surface area contributed by atoms with E-state index in [0.29, 0.717) is 19.4 Å². The van der Waals surface area contributed by atoms with Crippen molar-refractivity contribution in [1.82, 2.24) is 15.2 Å². The second kappa shape index (κ2) is 8.74. The topological polar surface area (TPSA) is 149 Å². The molecule has 0 radical (unpaired) electrons. The van der Waals surface area contributed by atoms with E-state index in [1.54, 1.807) is 7.05 Å². The number of nitrogens with one attached hydrogen (secondary N) is 1.